The third-order valence-electron chi connectivity index (χ3n) is 6.86. The molecule has 4 rings (SSSR count). The fourth-order valence-electron chi connectivity index (χ4n) is 5.02. The van der Waals surface area contributed by atoms with E-state index in [9.17, 15) is 9.59 Å². The Morgan fingerprint density at radius 2 is 1.81 bits per heavy atom. The molecule has 7 nitrogen and oxygen atoms in total. The highest BCUT2D eigenvalue weighted by molar-refractivity contribution is 9.10. The van der Waals surface area contributed by atoms with Crippen LogP contribution in [0.2, 0.25) is 0 Å². The van der Waals surface area contributed by atoms with E-state index in [1.54, 1.807) is 20.1 Å². The summed E-state index contributed by atoms with van der Waals surface area (Å²) in [5, 5.41) is 0.863. The Balaban J connectivity index is 1.60. The van der Waals surface area contributed by atoms with Crippen molar-refractivity contribution in [2.45, 2.75) is 83.2 Å². The van der Waals surface area contributed by atoms with E-state index in [0.717, 1.165) is 53.7 Å². The quantitative estimate of drug-likeness (QED) is 0.264. The molecule has 196 valence electrons. The third kappa shape index (κ3) is 6.65. The molecule has 1 amide bonds. The number of amidine groups is 1. The second-order valence-electron chi connectivity index (χ2n) is 9.40. The first kappa shape index (κ1) is 27.0. The van der Waals surface area contributed by atoms with Crippen LogP contribution in [0, 0.1) is 0 Å². The minimum atomic E-state index is -0.442. The van der Waals surface area contributed by atoms with Gasteiger partial charge < -0.3 is 14.2 Å². The van der Waals surface area contributed by atoms with Gasteiger partial charge in [-0.2, -0.15) is 0 Å². The molecular formula is C27H35BrN2O5S. The van der Waals surface area contributed by atoms with Gasteiger partial charge in [-0.15, -0.1) is 0 Å². The number of carbonyl (C=O) groups excluding carboxylic acids is 2. The second kappa shape index (κ2) is 13.0. The van der Waals surface area contributed by atoms with Gasteiger partial charge >= 0.3 is 5.97 Å². The number of benzene rings is 1. The number of esters is 1. The van der Waals surface area contributed by atoms with E-state index >= 15 is 0 Å². The molecule has 0 unspecified atom stereocenters. The first-order chi connectivity index (χ1) is 17.5. The summed E-state index contributed by atoms with van der Waals surface area (Å²) >= 11 is 5.09. The lowest BCUT2D eigenvalue weighted by Gasteiger charge is -2.31. The summed E-state index contributed by atoms with van der Waals surface area (Å²) in [6, 6.07) is 4.10. The zero-order valence-electron chi connectivity index (χ0n) is 21.1. The van der Waals surface area contributed by atoms with Crippen LogP contribution in [0.1, 0.15) is 76.7 Å². The summed E-state index contributed by atoms with van der Waals surface area (Å²) in [5.74, 6) is 0.496. The van der Waals surface area contributed by atoms with Gasteiger partial charge in [0.05, 0.1) is 24.7 Å². The number of thioether (sulfide) groups is 1. The Morgan fingerprint density at radius 1 is 1.11 bits per heavy atom. The maximum absolute atomic E-state index is 13.7. The number of carbonyl (C=O) groups is 2. The fourth-order valence-corrected chi connectivity index (χ4v) is 6.56. The lowest BCUT2D eigenvalue weighted by atomic mass is 9.94. The summed E-state index contributed by atoms with van der Waals surface area (Å²) in [7, 11) is 1.55. The molecule has 36 heavy (non-hydrogen) atoms. The summed E-state index contributed by atoms with van der Waals surface area (Å²) in [6.45, 7) is 1.84. The van der Waals surface area contributed by atoms with Crippen LogP contribution < -0.4 is 9.47 Å². The topological polar surface area (TPSA) is 77.4 Å². The highest BCUT2D eigenvalue weighted by atomic mass is 79.9. The van der Waals surface area contributed by atoms with Crippen LogP contribution >= 0.6 is 27.7 Å². The molecule has 0 radical (unpaired) electrons. The molecule has 1 aromatic rings. The molecule has 0 atom stereocenters. The predicted molar refractivity (Wildman–Crippen MR) is 146 cm³/mol. The summed E-state index contributed by atoms with van der Waals surface area (Å²) in [6.07, 6.45) is 13.4. The first-order valence-corrected chi connectivity index (χ1v) is 14.6. The number of aliphatic imine (C=N–C) groups is 1. The van der Waals surface area contributed by atoms with Crippen molar-refractivity contribution in [3.63, 3.8) is 0 Å². The Bertz CT molecular complexity index is 1020. The standard InChI is InChI=1S/C27H35BrN2O5S/c1-3-34-25(31)17-35-23-16-21(28)18(14-22(23)33-2)15-24-26(32)30(20-12-8-5-9-13-20)27(36-24)29-19-10-6-4-7-11-19/h14-16,19-20H,3-13,17H2,1-2H3. The van der Waals surface area contributed by atoms with Crippen molar-refractivity contribution in [3.8, 4) is 11.5 Å². The molecule has 2 aliphatic carbocycles. The van der Waals surface area contributed by atoms with Crippen LogP contribution in [0.25, 0.3) is 6.08 Å². The number of halogens is 1. The molecule has 3 aliphatic rings. The third-order valence-corrected chi connectivity index (χ3v) is 8.55. The highest BCUT2D eigenvalue weighted by Gasteiger charge is 2.39. The molecule has 1 aliphatic heterocycles. The Labute approximate surface area is 226 Å². The van der Waals surface area contributed by atoms with Gasteiger partial charge in [0.25, 0.3) is 5.91 Å². The highest BCUT2D eigenvalue weighted by Crippen LogP contribution is 2.41. The molecule has 0 bridgehead atoms. The Morgan fingerprint density at radius 3 is 2.47 bits per heavy atom. The van der Waals surface area contributed by atoms with E-state index in [1.807, 2.05) is 17.0 Å². The minimum Gasteiger partial charge on any atom is -0.493 e. The number of methoxy groups -OCH3 is 1. The predicted octanol–water partition coefficient (Wildman–Crippen LogP) is 6.34. The smallest absolute Gasteiger partial charge is 0.344 e. The van der Waals surface area contributed by atoms with Crippen molar-refractivity contribution in [1.29, 1.82) is 0 Å². The largest absolute Gasteiger partial charge is 0.493 e. The molecule has 0 spiro atoms. The normalized spacial score (nSPS) is 21.9. The van der Waals surface area contributed by atoms with Gasteiger partial charge in [0.2, 0.25) is 0 Å². The molecule has 0 N–H and O–H groups in total. The van der Waals surface area contributed by atoms with Gasteiger partial charge in [0, 0.05) is 10.5 Å². The van der Waals surface area contributed by atoms with Crippen molar-refractivity contribution in [3.05, 3.63) is 27.1 Å². The van der Waals surface area contributed by atoms with Crippen LogP contribution in [0.4, 0.5) is 0 Å². The lowest BCUT2D eigenvalue weighted by Crippen LogP contribution is -2.41. The number of hydrogen-bond acceptors (Lipinski definition) is 7. The van der Waals surface area contributed by atoms with E-state index in [4.69, 9.17) is 19.2 Å². The summed E-state index contributed by atoms with van der Waals surface area (Å²) in [4.78, 5) is 33.1. The van der Waals surface area contributed by atoms with Crippen LogP contribution in [0.5, 0.6) is 11.5 Å². The van der Waals surface area contributed by atoms with Crippen molar-refractivity contribution in [1.82, 2.24) is 4.90 Å². The van der Waals surface area contributed by atoms with Crippen LogP contribution in [-0.2, 0) is 14.3 Å². The maximum Gasteiger partial charge on any atom is 0.344 e. The first-order valence-electron chi connectivity index (χ1n) is 13.0. The van der Waals surface area contributed by atoms with Crippen molar-refractivity contribution in [2.75, 3.05) is 20.3 Å². The van der Waals surface area contributed by atoms with Gasteiger partial charge in [0.15, 0.2) is 23.3 Å². The van der Waals surface area contributed by atoms with Crippen molar-refractivity contribution >= 4 is 50.8 Å². The van der Waals surface area contributed by atoms with Gasteiger partial charge in [-0.25, -0.2) is 4.79 Å². The van der Waals surface area contributed by atoms with E-state index < -0.39 is 5.97 Å². The number of rotatable bonds is 8. The molecule has 1 saturated heterocycles. The van der Waals surface area contributed by atoms with Gasteiger partial charge in [-0.1, -0.05) is 54.5 Å². The average Bonchev–Trinajstić information content (AvgIpc) is 3.19. The second-order valence-corrected chi connectivity index (χ2v) is 11.3. The van der Waals surface area contributed by atoms with E-state index in [1.165, 1.54) is 37.4 Å². The molecular weight excluding hydrogens is 544 g/mol. The number of amides is 1. The average molecular weight is 580 g/mol. The van der Waals surface area contributed by atoms with Gasteiger partial charge in [-0.05, 0) is 68.1 Å². The maximum atomic E-state index is 13.7. The fraction of sp³-hybridized carbons (Fsp3) is 0.593. The van der Waals surface area contributed by atoms with E-state index in [-0.39, 0.29) is 18.6 Å². The van der Waals surface area contributed by atoms with E-state index in [0.29, 0.717) is 29.1 Å². The Kier molecular flexibility index (Phi) is 9.76. The van der Waals surface area contributed by atoms with Gasteiger partial charge in [-0.3, -0.25) is 14.7 Å². The summed E-state index contributed by atoms with van der Waals surface area (Å²) < 4.78 is 16.8. The van der Waals surface area contributed by atoms with Crippen LogP contribution in [0.15, 0.2) is 26.5 Å². The molecule has 1 heterocycles. The van der Waals surface area contributed by atoms with Crippen LogP contribution in [-0.4, -0.2) is 54.4 Å². The molecule has 0 aromatic heterocycles. The minimum absolute atomic E-state index is 0.0370. The number of ether oxygens (including phenoxy) is 3. The van der Waals surface area contributed by atoms with Gasteiger partial charge in [0.1, 0.15) is 0 Å². The molecule has 9 heteroatoms. The monoisotopic (exact) mass is 578 g/mol. The Hall–Kier alpha value is -2.00. The molecule has 2 saturated carbocycles. The van der Waals surface area contributed by atoms with Crippen molar-refractivity contribution < 1.29 is 23.8 Å². The SMILES string of the molecule is CCOC(=O)COc1cc(Br)c(C=C2SC(=NC3CCCCC3)N(C3CCCCC3)C2=O)cc1OC. The zero-order valence-corrected chi connectivity index (χ0v) is 23.5. The lowest BCUT2D eigenvalue weighted by molar-refractivity contribution is -0.145. The van der Waals surface area contributed by atoms with Crippen LogP contribution in [0.3, 0.4) is 0 Å². The zero-order chi connectivity index (χ0) is 25.5. The number of hydrogen-bond donors (Lipinski definition) is 0. The number of nitrogens with zero attached hydrogens (tertiary/aromatic N) is 2. The summed E-state index contributed by atoms with van der Waals surface area (Å²) in [5.41, 5.74) is 0.800. The molecule has 1 aromatic carbocycles. The van der Waals surface area contributed by atoms with E-state index in [2.05, 4.69) is 15.9 Å². The van der Waals surface area contributed by atoms with Crippen molar-refractivity contribution in [2.24, 2.45) is 4.99 Å². The molecule has 3 fully saturated rings.